The van der Waals surface area contributed by atoms with E-state index in [0.29, 0.717) is 27.8 Å². The topological polar surface area (TPSA) is 86.8 Å². The van der Waals surface area contributed by atoms with Crippen molar-refractivity contribution in [2.75, 3.05) is 17.4 Å². The molecule has 0 saturated heterocycles. The van der Waals surface area contributed by atoms with Gasteiger partial charge in [-0.1, -0.05) is 83.9 Å². The zero-order valence-electron chi connectivity index (χ0n) is 24.8. The van der Waals surface area contributed by atoms with E-state index in [-0.39, 0.29) is 23.8 Å². The van der Waals surface area contributed by atoms with Crippen LogP contribution in [-0.4, -0.2) is 44.3 Å². The lowest BCUT2D eigenvalue weighted by Crippen LogP contribution is -2.53. The first-order valence-corrected chi connectivity index (χ1v) is 16.4. The van der Waals surface area contributed by atoms with E-state index >= 15 is 0 Å². The minimum absolute atomic E-state index is 0.0443. The molecule has 0 fully saturated rings. The highest BCUT2D eigenvalue weighted by Gasteiger charge is 2.34. The van der Waals surface area contributed by atoms with Crippen LogP contribution in [0.3, 0.4) is 0 Å². The molecular weight excluding hydrogens is 617 g/mol. The van der Waals surface area contributed by atoms with Gasteiger partial charge in [-0.05, 0) is 79.4 Å². The summed E-state index contributed by atoms with van der Waals surface area (Å²) >= 11 is 12.7. The third kappa shape index (κ3) is 8.00. The molecule has 0 saturated carbocycles. The molecule has 10 heteroatoms. The first-order chi connectivity index (χ1) is 21.0. The SMILES string of the molecule is CCNC(=O)[C@H](Cc1ccccc1)N(Cc1ccc(Cl)cc1Cl)C(=O)CN(c1ccc(C)c(C)c1)S(=O)(=O)c1ccccc1. The molecule has 0 aromatic heterocycles. The zero-order chi connectivity index (χ0) is 31.9. The first-order valence-electron chi connectivity index (χ1n) is 14.2. The van der Waals surface area contributed by atoms with Gasteiger partial charge in [-0.2, -0.15) is 0 Å². The van der Waals surface area contributed by atoms with Gasteiger partial charge >= 0.3 is 0 Å². The van der Waals surface area contributed by atoms with Gasteiger partial charge in [0.25, 0.3) is 10.0 Å². The molecule has 2 amide bonds. The number of anilines is 1. The molecule has 0 radical (unpaired) electrons. The second-order valence-electron chi connectivity index (χ2n) is 10.5. The Hall–Kier alpha value is -3.85. The number of carbonyl (C=O) groups is 2. The normalized spacial score (nSPS) is 11.9. The van der Waals surface area contributed by atoms with Crippen LogP contribution in [0.4, 0.5) is 5.69 Å². The molecule has 0 aliphatic carbocycles. The zero-order valence-corrected chi connectivity index (χ0v) is 27.2. The Morgan fingerprint density at radius 2 is 1.50 bits per heavy atom. The summed E-state index contributed by atoms with van der Waals surface area (Å²) in [6, 6.07) is 26.5. The molecule has 1 N–H and O–H groups in total. The quantitative estimate of drug-likeness (QED) is 0.187. The third-order valence-corrected chi connectivity index (χ3v) is 9.74. The Balaban J connectivity index is 1.82. The van der Waals surface area contributed by atoms with Crippen molar-refractivity contribution in [1.82, 2.24) is 10.2 Å². The van der Waals surface area contributed by atoms with Gasteiger partial charge in [0, 0.05) is 29.6 Å². The van der Waals surface area contributed by atoms with Gasteiger partial charge in [-0.15, -0.1) is 0 Å². The van der Waals surface area contributed by atoms with Crippen LogP contribution in [0, 0.1) is 13.8 Å². The van der Waals surface area contributed by atoms with E-state index in [1.165, 1.54) is 17.0 Å². The number of aryl methyl sites for hydroxylation is 2. The second kappa shape index (κ2) is 14.8. The molecule has 7 nitrogen and oxygen atoms in total. The monoisotopic (exact) mass is 651 g/mol. The van der Waals surface area contributed by atoms with E-state index in [4.69, 9.17) is 23.2 Å². The van der Waals surface area contributed by atoms with Gasteiger partial charge in [0.15, 0.2) is 0 Å². The molecule has 4 aromatic carbocycles. The summed E-state index contributed by atoms with van der Waals surface area (Å²) in [5, 5.41) is 3.60. The molecule has 0 aliphatic heterocycles. The van der Waals surface area contributed by atoms with Crippen molar-refractivity contribution in [2.24, 2.45) is 0 Å². The van der Waals surface area contributed by atoms with Crippen LogP contribution < -0.4 is 9.62 Å². The van der Waals surface area contributed by atoms with E-state index in [0.717, 1.165) is 21.0 Å². The van der Waals surface area contributed by atoms with Crippen molar-refractivity contribution < 1.29 is 18.0 Å². The van der Waals surface area contributed by atoms with Crippen LogP contribution in [0.15, 0.2) is 102 Å². The van der Waals surface area contributed by atoms with Crippen LogP contribution in [0.1, 0.15) is 29.2 Å². The fourth-order valence-corrected chi connectivity index (χ4v) is 6.70. The minimum Gasteiger partial charge on any atom is -0.355 e. The molecule has 1 atom stereocenters. The van der Waals surface area contributed by atoms with E-state index in [9.17, 15) is 18.0 Å². The van der Waals surface area contributed by atoms with Gasteiger partial charge in [-0.25, -0.2) is 8.42 Å². The number of amides is 2. The van der Waals surface area contributed by atoms with E-state index in [2.05, 4.69) is 5.32 Å². The predicted molar refractivity (Wildman–Crippen MR) is 177 cm³/mol. The molecule has 0 aliphatic rings. The largest absolute Gasteiger partial charge is 0.355 e. The van der Waals surface area contributed by atoms with Crippen molar-refractivity contribution in [2.45, 2.75) is 44.7 Å². The number of benzene rings is 4. The van der Waals surface area contributed by atoms with Crippen molar-refractivity contribution in [3.8, 4) is 0 Å². The lowest BCUT2D eigenvalue weighted by molar-refractivity contribution is -0.140. The smallest absolute Gasteiger partial charge is 0.264 e. The van der Waals surface area contributed by atoms with Crippen molar-refractivity contribution in [1.29, 1.82) is 0 Å². The lowest BCUT2D eigenvalue weighted by Gasteiger charge is -2.34. The molecule has 230 valence electrons. The number of rotatable bonds is 12. The minimum atomic E-state index is -4.17. The van der Waals surface area contributed by atoms with Crippen LogP contribution in [0.25, 0.3) is 0 Å². The van der Waals surface area contributed by atoms with Crippen LogP contribution in [0.2, 0.25) is 10.0 Å². The third-order valence-electron chi connectivity index (χ3n) is 7.37. The molecule has 4 aromatic rings. The van der Waals surface area contributed by atoms with E-state index in [1.807, 2.05) is 50.2 Å². The molecule has 0 heterocycles. The maximum atomic E-state index is 14.5. The number of hydrogen-bond acceptors (Lipinski definition) is 4. The number of halogens is 2. The Morgan fingerprint density at radius 3 is 2.11 bits per heavy atom. The number of nitrogens with zero attached hydrogens (tertiary/aromatic N) is 2. The summed E-state index contributed by atoms with van der Waals surface area (Å²) in [4.78, 5) is 29.5. The number of sulfonamides is 1. The molecule has 4 rings (SSSR count). The van der Waals surface area contributed by atoms with E-state index < -0.39 is 28.5 Å². The number of carbonyl (C=O) groups excluding carboxylic acids is 2. The average Bonchev–Trinajstić information content (AvgIpc) is 3.01. The van der Waals surface area contributed by atoms with Crippen molar-refractivity contribution in [3.05, 3.63) is 129 Å². The standard InChI is InChI=1S/C34H35Cl2N3O4S/c1-4-37-34(41)32(20-26-11-7-5-8-12-26)38(22-27-16-17-28(35)21-31(27)36)33(40)23-39(29-18-15-24(2)25(3)19-29)44(42,43)30-13-9-6-10-14-30/h5-19,21,32H,4,20,22-23H2,1-3H3,(H,37,41)/t32-/m0/s1. The highest BCUT2D eigenvalue weighted by Crippen LogP contribution is 2.28. The summed E-state index contributed by atoms with van der Waals surface area (Å²) in [5.74, 6) is -0.931. The Kier molecular flexibility index (Phi) is 11.1. The highest BCUT2D eigenvalue weighted by atomic mass is 35.5. The van der Waals surface area contributed by atoms with Gasteiger partial charge in [0.05, 0.1) is 10.6 Å². The van der Waals surface area contributed by atoms with Gasteiger partial charge < -0.3 is 10.2 Å². The lowest BCUT2D eigenvalue weighted by atomic mass is 10.0. The number of nitrogens with one attached hydrogen (secondary N) is 1. The summed E-state index contributed by atoms with van der Waals surface area (Å²) < 4.78 is 29.3. The summed E-state index contributed by atoms with van der Waals surface area (Å²) in [6.07, 6.45) is 0.207. The van der Waals surface area contributed by atoms with Gasteiger partial charge in [0.1, 0.15) is 12.6 Å². The summed E-state index contributed by atoms with van der Waals surface area (Å²) in [6.45, 7) is 5.37. The maximum absolute atomic E-state index is 14.5. The Bertz CT molecular complexity index is 1720. The first kappa shape index (κ1) is 33.1. The van der Waals surface area contributed by atoms with Crippen LogP contribution >= 0.6 is 23.2 Å². The van der Waals surface area contributed by atoms with Crippen LogP contribution in [0.5, 0.6) is 0 Å². The predicted octanol–water partition coefficient (Wildman–Crippen LogP) is 6.58. The number of likely N-dealkylation sites (N-methyl/N-ethyl adjacent to an activating group) is 1. The van der Waals surface area contributed by atoms with E-state index in [1.54, 1.807) is 55.5 Å². The van der Waals surface area contributed by atoms with Crippen LogP contribution in [-0.2, 0) is 32.6 Å². The average molecular weight is 653 g/mol. The molecular formula is C34H35Cl2N3O4S. The number of hydrogen-bond donors (Lipinski definition) is 1. The molecule has 0 bridgehead atoms. The Morgan fingerprint density at radius 1 is 0.841 bits per heavy atom. The Labute approximate surface area is 269 Å². The fourth-order valence-electron chi connectivity index (χ4n) is 4.81. The van der Waals surface area contributed by atoms with Gasteiger partial charge in [0.2, 0.25) is 11.8 Å². The molecule has 44 heavy (non-hydrogen) atoms. The fraction of sp³-hybridized carbons (Fsp3) is 0.235. The summed E-state index contributed by atoms with van der Waals surface area (Å²) in [5.41, 5.74) is 3.60. The molecule has 0 spiro atoms. The second-order valence-corrected chi connectivity index (χ2v) is 13.2. The maximum Gasteiger partial charge on any atom is 0.264 e. The van der Waals surface area contributed by atoms with Crippen molar-refractivity contribution in [3.63, 3.8) is 0 Å². The summed E-state index contributed by atoms with van der Waals surface area (Å²) in [7, 11) is -4.17. The highest BCUT2D eigenvalue weighted by molar-refractivity contribution is 7.92. The van der Waals surface area contributed by atoms with Gasteiger partial charge in [-0.3, -0.25) is 13.9 Å². The van der Waals surface area contributed by atoms with Crippen molar-refractivity contribution >= 4 is 50.7 Å². The molecule has 0 unspecified atom stereocenters.